The molecule has 3 nitrogen and oxygen atoms in total. The van der Waals surface area contributed by atoms with Crippen molar-refractivity contribution < 1.29 is 0 Å². The van der Waals surface area contributed by atoms with Gasteiger partial charge in [-0.3, -0.25) is 0 Å². The normalized spacial score (nSPS) is 10.3. The van der Waals surface area contributed by atoms with Crippen LogP contribution in [-0.2, 0) is 0 Å². The number of rotatable bonds is 4. The minimum absolute atomic E-state index is 0.121. The van der Waals surface area contributed by atoms with Crippen LogP contribution >= 0.6 is 22.7 Å². The first-order valence-corrected chi connectivity index (χ1v) is 10.7. The predicted molar refractivity (Wildman–Crippen MR) is 124 cm³/mol. The van der Waals surface area contributed by atoms with E-state index in [1.807, 2.05) is 32.3 Å². The summed E-state index contributed by atoms with van der Waals surface area (Å²) in [7, 11) is 4.08. The van der Waals surface area contributed by atoms with Gasteiger partial charge in [-0.1, -0.05) is 36.4 Å². The molecule has 0 spiro atoms. The van der Waals surface area contributed by atoms with Crippen LogP contribution in [0.15, 0.2) is 66.2 Å². The molecule has 0 bridgehead atoms. The maximum Gasteiger partial charge on any atom is 0.131 e. The van der Waals surface area contributed by atoms with Crippen molar-refractivity contribution in [3.05, 3.63) is 71.1 Å². The molecule has 0 aliphatic heterocycles. The van der Waals surface area contributed by atoms with Crippen LogP contribution in [0.3, 0.4) is 0 Å². The van der Waals surface area contributed by atoms with E-state index in [4.69, 9.17) is 10.5 Å². The molecule has 0 unspecified atom stereocenters. The first kappa shape index (κ1) is 19.0. The molecule has 140 valence electrons. The lowest BCUT2D eigenvalue weighted by Gasteiger charge is -2.12. The van der Waals surface area contributed by atoms with Gasteiger partial charge >= 0.3 is 0 Å². The van der Waals surface area contributed by atoms with Crippen LogP contribution in [0, 0.1) is 22.7 Å². The first-order valence-electron chi connectivity index (χ1n) is 9.02. The Kier molecular flexibility index (Phi) is 5.18. The van der Waals surface area contributed by atoms with E-state index in [1.165, 1.54) is 31.8 Å². The summed E-state index contributed by atoms with van der Waals surface area (Å²) >= 11 is 3.38. The van der Waals surface area contributed by atoms with Gasteiger partial charge in [0, 0.05) is 45.2 Å². The second-order valence-corrected chi connectivity index (χ2v) is 8.87. The van der Waals surface area contributed by atoms with E-state index in [1.54, 1.807) is 28.7 Å². The smallest absolute Gasteiger partial charge is 0.131 e. The number of thiophene rings is 2. The third-order valence-corrected chi connectivity index (χ3v) is 7.13. The number of hydrogen-bond acceptors (Lipinski definition) is 5. The second kappa shape index (κ2) is 7.93. The number of allylic oxidation sites excluding steroid dienone is 1. The van der Waals surface area contributed by atoms with Crippen molar-refractivity contribution in [3.8, 4) is 32.3 Å². The number of benzene rings is 2. The quantitative estimate of drug-likeness (QED) is 0.347. The summed E-state index contributed by atoms with van der Waals surface area (Å²) in [5.74, 6) is 0. The van der Waals surface area contributed by atoms with Gasteiger partial charge in [0.1, 0.15) is 17.7 Å². The summed E-state index contributed by atoms with van der Waals surface area (Å²) in [4.78, 5) is 6.61. The minimum atomic E-state index is 0.121. The van der Waals surface area contributed by atoms with Crippen molar-refractivity contribution in [1.29, 1.82) is 10.5 Å². The van der Waals surface area contributed by atoms with Crippen LogP contribution < -0.4 is 4.90 Å². The number of hydrogen-bond donors (Lipinski definition) is 0. The van der Waals surface area contributed by atoms with Crippen molar-refractivity contribution >= 4 is 45.2 Å². The summed E-state index contributed by atoms with van der Waals surface area (Å²) in [5.41, 5.74) is 2.50. The van der Waals surface area contributed by atoms with Crippen molar-refractivity contribution in [3.63, 3.8) is 0 Å². The van der Waals surface area contributed by atoms with Crippen LogP contribution in [0.4, 0.5) is 5.69 Å². The van der Waals surface area contributed by atoms with Crippen LogP contribution in [0.5, 0.6) is 0 Å². The third-order valence-electron chi connectivity index (χ3n) is 4.64. The Morgan fingerprint density at radius 3 is 2.10 bits per heavy atom. The van der Waals surface area contributed by atoms with Gasteiger partial charge in [-0.25, -0.2) is 0 Å². The van der Waals surface area contributed by atoms with E-state index in [2.05, 4.69) is 59.5 Å². The summed E-state index contributed by atoms with van der Waals surface area (Å²) in [6.07, 6.45) is 1.64. The second-order valence-electron chi connectivity index (χ2n) is 6.73. The van der Waals surface area contributed by atoms with Crippen LogP contribution in [0.2, 0.25) is 0 Å². The zero-order valence-corrected chi connectivity index (χ0v) is 17.6. The molecule has 4 aromatic rings. The molecule has 4 rings (SSSR count). The summed E-state index contributed by atoms with van der Waals surface area (Å²) < 4.78 is 0. The average molecular weight is 412 g/mol. The van der Waals surface area contributed by atoms with Gasteiger partial charge in [-0.15, -0.1) is 22.7 Å². The summed E-state index contributed by atoms with van der Waals surface area (Å²) in [5, 5.41) is 20.5. The lowest BCUT2D eigenvalue weighted by molar-refractivity contribution is 1.13. The van der Waals surface area contributed by atoms with Crippen LogP contribution in [0.25, 0.3) is 37.0 Å². The van der Waals surface area contributed by atoms with Crippen molar-refractivity contribution in [2.45, 2.75) is 0 Å². The molecule has 0 amide bonds. The van der Waals surface area contributed by atoms with Gasteiger partial charge in [0.25, 0.3) is 0 Å². The molecule has 0 N–H and O–H groups in total. The molecule has 0 saturated carbocycles. The molecule has 2 aromatic carbocycles. The molecular formula is C24H17N3S2. The van der Waals surface area contributed by atoms with Crippen LogP contribution in [-0.4, -0.2) is 14.1 Å². The number of anilines is 1. The van der Waals surface area contributed by atoms with Gasteiger partial charge in [0.2, 0.25) is 0 Å². The van der Waals surface area contributed by atoms with Crippen molar-refractivity contribution in [2.75, 3.05) is 19.0 Å². The molecule has 0 aliphatic carbocycles. The highest BCUT2D eigenvalue weighted by atomic mass is 32.1. The highest BCUT2D eigenvalue weighted by molar-refractivity contribution is 7.25. The Labute approximate surface area is 178 Å². The molecule has 0 radical (unpaired) electrons. The molecule has 29 heavy (non-hydrogen) atoms. The zero-order valence-electron chi connectivity index (χ0n) is 16.0. The van der Waals surface area contributed by atoms with Gasteiger partial charge < -0.3 is 4.90 Å². The lowest BCUT2D eigenvalue weighted by atomic mass is 10.1. The Balaban J connectivity index is 1.82. The third kappa shape index (κ3) is 3.67. The average Bonchev–Trinajstić information content (AvgIpc) is 3.36. The lowest BCUT2D eigenvalue weighted by Crippen LogP contribution is -2.07. The highest BCUT2D eigenvalue weighted by Crippen LogP contribution is 2.46. The van der Waals surface area contributed by atoms with E-state index in [0.29, 0.717) is 0 Å². The fraction of sp³-hybridized carbons (Fsp3) is 0.0833. The predicted octanol–water partition coefficient (Wildman–Crippen LogP) is 6.79. The summed E-state index contributed by atoms with van der Waals surface area (Å²) in [6.45, 7) is 0. The van der Waals surface area contributed by atoms with Crippen molar-refractivity contribution in [2.24, 2.45) is 0 Å². The first-order chi connectivity index (χ1) is 14.1. The molecular weight excluding hydrogens is 394 g/mol. The number of nitrogens with zero attached hydrogens (tertiary/aromatic N) is 3. The summed E-state index contributed by atoms with van der Waals surface area (Å²) in [6, 6.07) is 25.0. The zero-order chi connectivity index (χ0) is 20.4. The van der Waals surface area contributed by atoms with E-state index >= 15 is 0 Å². The Hall–Kier alpha value is -3.38. The largest absolute Gasteiger partial charge is 0.378 e. The van der Waals surface area contributed by atoms with Gasteiger partial charge in [-0.05, 0) is 35.9 Å². The Bertz CT molecular complexity index is 1280. The molecule has 5 heteroatoms. The van der Waals surface area contributed by atoms with E-state index in [0.717, 1.165) is 9.75 Å². The minimum Gasteiger partial charge on any atom is -0.378 e. The molecule has 0 saturated heterocycles. The molecule has 0 aliphatic rings. The maximum absolute atomic E-state index is 9.00. The van der Waals surface area contributed by atoms with E-state index < -0.39 is 0 Å². The van der Waals surface area contributed by atoms with E-state index in [9.17, 15) is 0 Å². The molecule has 0 atom stereocenters. The molecule has 0 fully saturated rings. The fourth-order valence-corrected chi connectivity index (χ4v) is 5.54. The number of fused-ring (bicyclic) bond motifs is 1. The van der Waals surface area contributed by atoms with Gasteiger partial charge in [0.15, 0.2) is 0 Å². The van der Waals surface area contributed by atoms with Crippen LogP contribution in [0.1, 0.15) is 4.88 Å². The fourth-order valence-electron chi connectivity index (χ4n) is 3.18. The van der Waals surface area contributed by atoms with Crippen molar-refractivity contribution in [1.82, 2.24) is 0 Å². The van der Waals surface area contributed by atoms with Gasteiger partial charge in [0.05, 0.1) is 4.88 Å². The standard InChI is InChI=1S/C24H17N3S2/c1-27(2)18-9-7-17(8-10-18)23-20-5-3-4-6-21(20)24(29-23)22-12-11-19(28-22)13-16(14-25)15-26/h3-13H,1-2H3. The molecule has 2 heterocycles. The Morgan fingerprint density at radius 2 is 1.48 bits per heavy atom. The topological polar surface area (TPSA) is 50.8 Å². The maximum atomic E-state index is 9.00. The van der Waals surface area contributed by atoms with E-state index in [-0.39, 0.29) is 5.57 Å². The number of nitriles is 2. The SMILES string of the molecule is CN(C)c1ccc(-c2sc(-c3ccc(C=C(C#N)C#N)s3)c3ccccc23)cc1. The molecule has 2 aromatic heterocycles. The monoisotopic (exact) mass is 411 g/mol. The van der Waals surface area contributed by atoms with Gasteiger partial charge in [-0.2, -0.15) is 10.5 Å². The Morgan fingerprint density at radius 1 is 0.828 bits per heavy atom. The highest BCUT2D eigenvalue weighted by Gasteiger charge is 2.15.